The van der Waals surface area contributed by atoms with Crippen molar-refractivity contribution in [2.75, 3.05) is 33.4 Å². The molecule has 0 unspecified atom stereocenters. The summed E-state index contributed by atoms with van der Waals surface area (Å²) in [6.07, 6.45) is 1.85. The van der Waals surface area contributed by atoms with Gasteiger partial charge in [0.2, 0.25) is 0 Å². The van der Waals surface area contributed by atoms with E-state index >= 15 is 0 Å². The second-order valence-electron chi connectivity index (χ2n) is 4.35. The van der Waals surface area contributed by atoms with Crippen LogP contribution in [-0.4, -0.2) is 43.4 Å². The van der Waals surface area contributed by atoms with Gasteiger partial charge in [0.05, 0.1) is 6.61 Å². The first-order valence-corrected chi connectivity index (χ1v) is 6.22. The monoisotopic (exact) mass is 237 g/mol. The maximum absolute atomic E-state index is 8.71. The van der Waals surface area contributed by atoms with Crippen LogP contribution in [0.3, 0.4) is 0 Å². The first-order chi connectivity index (χ1) is 8.24. The van der Waals surface area contributed by atoms with Crippen molar-refractivity contribution in [3.63, 3.8) is 0 Å². The highest BCUT2D eigenvalue weighted by atomic mass is 16.5. The number of aliphatic hydroxyl groups is 1. The number of hydrogen-bond donors (Lipinski definition) is 1. The molecule has 0 saturated heterocycles. The third kappa shape index (κ3) is 5.71. The van der Waals surface area contributed by atoms with Gasteiger partial charge in [-0.25, -0.2) is 0 Å². The lowest BCUT2D eigenvalue weighted by atomic mass is 10.2. The van der Waals surface area contributed by atoms with Crippen LogP contribution >= 0.6 is 0 Å². The Morgan fingerprint density at radius 1 is 1.18 bits per heavy atom. The molecule has 0 atom stereocenters. The fraction of sp³-hybridized carbons (Fsp3) is 0.571. The number of benzene rings is 1. The van der Waals surface area contributed by atoms with Gasteiger partial charge < -0.3 is 14.7 Å². The van der Waals surface area contributed by atoms with E-state index in [-0.39, 0.29) is 6.61 Å². The summed E-state index contributed by atoms with van der Waals surface area (Å²) < 4.78 is 5.72. The van der Waals surface area contributed by atoms with Crippen LogP contribution in [0.4, 0.5) is 0 Å². The van der Waals surface area contributed by atoms with Gasteiger partial charge in [0.25, 0.3) is 0 Å². The zero-order chi connectivity index (χ0) is 12.5. The first kappa shape index (κ1) is 14.0. The molecule has 0 aliphatic heterocycles. The van der Waals surface area contributed by atoms with Crippen molar-refractivity contribution in [3.8, 4) is 5.75 Å². The Morgan fingerprint density at radius 2 is 1.88 bits per heavy atom. The molecule has 0 radical (unpaired) electrons. The molecule has 1 rings (SSSR count). The summed E-state index contributed by atoms with van der Waals surface area (Å²) in [4.78, 5) is 2.22. The fourth-order valence-electron chi connectivity index (χ4n) is 1.69. The van der Waals surface area contributed by atoms with Crippen LogP contribution in [0.15, 0.2) is 24.3 Å². The molecule has 96 valence electrons. The standard InChI is InChI=1S/C14H23NO2/c1-13-7-3-4-8-14(13)17-12-6-10-15(2)9-5-11-16/h3-4,7-8,16H,5-6,9-12H2,1-2H3. The summed E-state index contributed by atoms with van der Waals surface area (Å²) in [5.41, 5.74) is 1.18. The molecule has 0 aliphatic rings. The normalized spacial score (nSPS) is 10.8. The van der Waals surface area contributed by atoms with Gasteiger partial charge in [-0.2, -0.15) is 0 Å². The minimum atomic E-state index is 0.268. The van der Waals surface area contributed by atoms with Crippen molar-refractivity contribution in [2.24, 2.45) is 0 Å². The van der Waals surface area contributed by atoms with Gasteiger partial charge in [0.1, 0.15) is 5.75 Å². The summed E-state index contributed by atoms with van der Waals surface area (Å²) in [6.45, 7) is 5.02. The zero-order valence-electron chi connectivity index (χ0n) is 10.9. The Labute approximate surface area is 104 Å². The van der Waals surface area contributed by atoms with Crippen LogP contribution in [0.2, 0.25) is 0 Å². The van der Waals surface area contributed by atoms with E-state index in [1.807, 2.05) is 18.2 Å². The fourth-order valence-corrected chi connectivity index (χ4v) is 1.69. The Kier molecular flexibility index (Phi) is 6.67. The minimum Gasteiger partial charge on any atom is -0.493 e. The molecular weight excluding hydrogens is 214 g/mol. The number of hydrogen-bond acceptors (Lipinski definition) is 3. The van der Waals surface area contributed by atoms with Crippen LogP contribution in [0.5, 0.6) is 5.75 Å². The average Bonchev–Trinajstić information content (AvgIpc) is 2.34. The van der Waals surface area contributed by atoms with Crippen LogP contribution in [0.25, 0.3) is 0 Å². The summed E-state index contributed by atoms with van der Waals surface area (Å²) >= 11 is 0. The smallest absolute Gasteiger partial charge is 0.122 e. The number of nitrogens with zero attached hydrogens (tertiary/aromatic N) is 1. The molecule has 0 aliphatic carbocycles. The predicted molar refractivity (Wildman–Crippen MR) is 70.5 cm³/mol. The maximum atomic E-state index is 8.71. The van der Waals surface area contributed by atoms with E-state index in [1.165, 1.54) is 5.56 Å². The second kappa shape index (κ2) is 8.09. The van der Waals surface area contributed by atoms with Gasteiger partial charge in [0, 0.05) is 19.7 Å². The Morgan fingerprint density at radius 3 is 2.59 bits per heavy atom. The molecule has 0 heterocycles. The third-order valence-corrected chi connectivity index (χ3v) is 2.73. The number of rotatable bonds is 8. The van der Waals surface area contributed by atoms with Gasteiger partial charge in [-0.05, 0) is 38.4 Å². The lowest BCUT2D eigenvalue weighted by Gasteiger charge is -2.16. The second-order valence-corrected chi connectivity index (χ2v) is 4.35. The van der Waals surface area contributed by atoms with Gasteiger partial charge in [-0.1, -0.05) is 18.2 Å². The first-order valence-electron chi connectivity index (χ1n) is 6.22. The summed E-state index contributed by atoms with van der Waals surface area (Å²) in [7, 11) is 2.07. The minimum absolute atomic E-state index is 0.268. The maximum Gasteiger partial charge on any atom is 0.122 e. The van der Waals surface area contributed by atoms with Crippen molar-refractivity contribution < 1.29 is 9.84 Å². The van der Waals surface area contributed by atoms with Crippen molar-refractivity contribution in [1.29, 1.82) is 0 Å². The molecule has 0 bridgehead atoms. The summed E-state index contributed by atoms with van der Waals surface area (Å²) in [6, 6.07) is 8.08. The summed E-state index contributed by atoms with van der Waals surface area (Å²) in [5.74, 6) is 0.977. The zero-order valence-corrected chi connectivity index (χ0v) is 10.9. The summed E-state index contributed by atoms with van der Waals surface area (Å²) in [5, 5.41) is 8.71. The molecule has 0 aromatic heterocycles. The third-order valence-electron chi connectivity index (χ3n) is 2.73. The highest BCUT2D eigenvalue weighted by Crippen LogP contribution is 2.16. The molecule has 3 nitrogen and oxygen atoms in total. The van der Waals surface area contributed by atoms with Crippen LogP contribution in [0, 0.1) is 6.92 Å². The van der Waals surface area contributed by atoms with Crippen LogP contribution < -0.4 is 4.74 Å². The van der Waals surface area contributed by atoms with Gasteiger partial charge in [-0.3, -0.25) is 0 Å². The highest BCUT2D eigenvalue weighted by Gasteiger charge is 2.00. The van der Waals surface area contributed by atoms with Crippen molar-refractivity contribution in [3.05, 3.63) is 29.8 Å². The van der Waals surface area contributed by atoms with E-state index in [0.717, 1.165) is 38.3 Å². The Bertz CT molecular complexity index is 315. The Hall–Kier alpha value is -1.06. The number of ether oxygens (including phenoxy) is 1. The topological polar surface area (TPSA) is 32.7 Å². The number of aliphatic hydroxyl groups excluding tert-OH is 1. The number of aryl methyl sites for hydroxylation is 1. The van der Waals surface area contributed by atoms with Crippen molar-refractivity contribution in [2.45, 2.75) is 19.8 Å². The molecule has 0 saturated carbocycles. The van der Waals surface area contributed by atoms with Crippen molar-refractivity contribution in [1.82, 2.24) is 4.90 Å². The van der Waals surface area contributed by atoms with Crippen LogP contribution in [-0.2, 0) is 0 Å². The van der Waals surface area contributed by atoms with E-state index in [2.05, 4.69) is 24.9 Å². The van der Waals surface area contributed by atoms with E-state index in [1.54, 1.807) is 0 Å². The quantitative estimate of drug-likeness (QED) is 0.703. The molecule has 3 heteroatoms. The van der Waals surface area contributed by atoms with E-state index in [4.69, 9.17) is 9.84 Å². The van der Waals surface area contributed by atoms with E-state index in [9.17, 15) is 0 Å². The number of para-hydroxylation sites is 1. The molecule has 1 N–H and O–H groups in total. The van der Waals surface area contributed by atoms with E-state index in [0.29, 0.717) is 0 Å². The average molecular weight is 237 g/mol. The van der Waals surface area contributed by atoms with Crippen molar-refractivity contribution >= 4 is 0 Å². The lowest BCUT2D eigenvalue weighted by molar-refractivity contribution is 0.230. The molecular formula is C14H23NO2. The molecule has 17 heavy (non-hydrogen) atoms. The SMILES string of the molecule is Cc1ccccc1OCCCN(C)CCCO. The van der Waals surface area contributed by atoms with Gasteiger partial charge in [-0.15, -0.1) is 0 Å². The molecule has 0 spiro atoms. The highest BCUT2D eigenvalue weighted by molar-refractivity contribution is 5.31. The lowest BCUT2D eigenvalue weighted by Crippen LogP contribution is -2.23. The predicted octanol–water partition coefficient (Wildman–Crippen LogP) is 2.08. The van der Waals surface area contributed by atoms with E-state index < -0.39 is 0 Å². The molecule has 0 amide bonds. The Balaban J connectivity index is 2.14. The largest absolute Gasteiger partial charge is 0.493 e. The van der Waals surface area contributed by atoms with Gasteiger partial charge >= 0.3 is 0 Å². The molecule has 0 fully saturated rings. The van der Waals surface area contributed by atoms with Gasteiger partial charge in [0.15, 0.2) is 0 Å². The van der Waals surface area contributed by atoms with Crippen LogP contribution in [0.1, 0.15) is 18.4 Å². The molecule has 1 aromatic carbocycles. The molecule has 1 aromatic rings.